The Labute approximate surface area is 150 Å². The molecule has 2 aliphatic heterocycles. The van der Waals surface area contributed by atoms with E-state index in [9.17, 15) is 4.79 Å². The van der Waals surface area contributed by atoms with Crippen molar-refractivity contribution in [2.24, 2.45) is 0 Å². The van der Waals surface area contributed by atoms with Gasteiger partial charge in [0.25, 0.3) is 0 Å². The zero-order chi connectivity index (χ0) is 17.4. The number of fused-ring (bicyclic) bond motifs is 3. The number of carbonyl (C=O) groups is 1. The van der Waals surface area contributed by atoms with Crippen molar-refractivity contribution in [3.8, 4) is 16.9 Å². The van der Waals surface area contributed by atoms with Crippen molar-refractivity contribution in [2.75, 3.05) is 19.8 Å². The quantitative estimate of drug-likeness (QED) is 0.774. The fourth-order valence-electron chi connectivity index (χ4n) is 3.35. The van der Waals surface area contributed by atoms with Crippen LogP contribution in [0.15, 0.2) is 43.1 Å². The number of carbonyl (C=O) groups excluding carboxylic acids is 1. The molecule has 2 aromatic rings. The van der Waals surface area contributed by atoms with Crippen LogP contribution in [-0.4, -0.2) is 35.5 Å². The van der Waals surface area contributed by atoms with E-state index in [0.29, 0.717) is 37.1 Å². The van der Waals surface area contributed by atoms with Crippen LogP contribution in [0.3, 0.4) is 0 Å². The van der Waals surface area contributed by atoms with Crippen LogP contribution in [0, 0.1) is 0 Å². The molecule has 1 aromatic heterocycles. The highest BCUT2D eigenvalue weighted by Crippen LogP contribution is 2.44. The van der Waals surface area contributed by atoms with Crippen molar-refractivity contribution in [3.63, 3.8) is 0 Å². The molecule has 1 atom stereocenters. The van der Waals surface area contributed by atoms with E-state index in [2.05, 4.69) is 11.6 Å². The molecular weight excluding hydrogens is 340 g/mol. The zero-order valence-corrected chi connectivity index (χ0v) is 14.3. The largest absolute Gasteiger partial charge is 0.485 e. The molecule has 128 valence electrons. The molecule has 6 heteroatoms. The lowest BCUT2D eigenvalue weighted by Crippen LogP contribution is -2.42. The van der Waals surface area contributed by atoms with Gasteiger partial charge in [-0.1, -0.05) is 24.2 Å². The number of morpholine rings is 1. The lowest BCUT2D eigenvalue weighted by molar-refractivity contribution is -0.134. The lowest BCUT2D eigenvalue weighted by Gasteiger charge is -2.36. The number of ether oxygens (including phenoxy) is 2. The smallest absolute Gasteiger partial charge is 0.246 e. The summed E-state index contributed by atoms with van der Waals surface area (Å²) in [5.74, 6) is 0.546. The van der Waals surface area contributed by atoms with E-state index >= 15 is 0 Å². The minimum absolute atomic E-state index is 0.111. The molecular formula is C19H17ClN2O3. The Morgan fingerprint density at radius 3 is 3.12 bits per heavy atom. The molecule has 1 amide bonds. The van der Waals surface area contributed by atoms with Crippen LogP contribution in [0.1, 0.15) is 17.3 Å². The Morgan fingerprint density at radius 2 is 2.28 bits per heavy atom. The first-order chi connectivity index (χ1) is 12.2. The Morgan fingerprint density at radius 1 is 1.40 bits per heavy atom. The Balaban J connectivity index is 1.81. The number of amides is 1. The molecule has 4 rings (SSSR count). The normalized spacial score (nSPS) is 18.8. The van der Waals surface area contributed by atoms with Crippen molar-refractivity contribution < 1.29 is 14.3 Å². The number of aromatic nitrogens is 1. The fraction of sp³-hybridized carbons (Fsp3) is 0.263. The summed E-state index contributed by atoms with van der Waals surface area (Å²) in [6, 6.07) is 7.57. The monoisotopic (exact) mass is 356 g/mol. The zero-order valence-electron chi connectivity index (χ0n) is 13.6. The van der Waals surface area contributed by atoms with Gasteiger partial charge in [-0.3, -0.25) is 9.78 Å². The van der Waals surface area contributed by atoms with Crippen LogP contribution in [0.4, 0.5) is 0 Å². The fourth-order valence-corrected chi connectivity index (χ4v) is 3.64. The summed E-state index contributed by atoms with van der Waals surface area (Å²) in [4.78, 5) is 18.3. The molecule has 2 aliphatic rings. The highest BCUT2D eigenvalue weighted by Gasteiger charge is 2.30. The molecule has 0 bridgehead atoms. The lowest BCUT2D eigenvalue weighted by atomic mass is 9.95. The van der Waals surface area contributed by atoms with Crippen LogP contribution in [0.5, 0.6) is 5.75 Å². The maximum absolute atomic E-state index is 12.2. The van der Waals surface area contributed by atoms with Gasteiger partial charge in [-0.05, 0) is 29.8 Å². The topological polar surface area (TPSA) is 51.7 Å². The van der Waals surface area contributed by atoms with Crippen LogP contribution >= 0.6 is 11.6 Å². The molecule has 0 N–H and O–H groups in total. The van der Waals surface area contributed by atoms with Gasteiger partial charge in [-0.2, -0.15) is 0 Å². The number of hydrogen-bond acceptors (Lipinski definition) is 4. The first kappa shape index (κ1) is 16.1. The molecule has 0 radical (unpaired) electrons. The van der Waals surface area contributed by atoms with Gasteiger partial charge in [0.2, 0.25) is 5.91 Å². The summed E-state index contributed by atoms with van der Waals surface area (Å²) in [6.45, 7) is 5.46. The SMILES string of the molecule is C=CC(=O)N1CCOCC1c1cc(Cl)c2c(c1)-c1cccnc1CO2. The molecule has 5 nitrogen and oxygen atoms in total. The van der Waals surface area contributed by atoms with Crippen LogP contribution < -0.4 is 4.74 Å². The number of rotatable bonds is 2. The minimum atomic E-state index is -0.205. The second kappa shape index (κ2) is 6.50. The minimum Gasteiger partial charge on any atom is -0.485 e. The molecule has 25 heavy (non-hydrogen) atoms. The van der Waals surface area contributed by atoms with E-state index in [1.54, 1.807) is 11.1 Å². The highest BCUT2D eigenvalue weighted by atomic mass is 35.5. The van der Waals surface area contributed by atoms with Crippen molar-refractivity contribution in [1.82, 2.24) is 9.88 Å². The molecule has 1 aromatic carbocycles. The van der Waals surface area contributed by atoms with E-state index in [4.69, 9.17) is 21.1 Å². The van der Waals surface area contributed by atoms with Crippen molar-refractivity contribution >= 4 is 17.5 Å². The predicted octanol–water partition coefficient (Wildman–Crippen LogP) is 3.38. The molecule has 3 heterocycles. The van der Waals surface area contributed by atoms with Gasteiger partial charge in [0.05, 0.1) is 30.0 Å². The van der Waals surface area contributed by atoms with Gasteiger partial charge in [-0.25, -0.2) is 0 Å². The van der Waals surface area contributed by atoms with E-state index in [1.807, 2.05) is 24.3 Å². The van der Waals surface area contributed by atoms with Gasteiger partial charge < -0.3 is 14.4 Å². The Bertz CT molecular complexity index is 853. The molecule has 1 saturated heterocycles. The van der Waals surface area contributed by atoms with Crippen molar-refractivity contribution in [3.05, 3.63) is 59.4 Å². The van der Waals surface area contributed by atoms with Crippen molar-refractivity contribution in [2.45, 2.75) is 12.6 Å². The summed E-state index contributed by atoms with van der Waals surface area (Å²) >= 11 is 6.48. The van der Waals surface area contributed by atoms with Gasteiger partial charge in [0, 0.05) is 23.9 Å². The van der Waals surface area contributed by atoms with Gasteiger partial charge in [0.1, 0.15) is 12.4 Å². The second-order valence-corrected chi connectivity index (χ2v) is 6.40. The second-order valence-electron chi connectivity index (χ2n) is 5.99. The van der Waals surface area contributed by atoms with Crippen molar-refractivity contribution in [1.29, 1.82) is 0 Å². The average Bonchev–Trinajstić information content (AvgIpc) is 2.67. The average molecular weight is 357 g/mol. The third-order valence-electron chi connectivity index (χ3n) is 4.57. The predicted molar refractivity (Wildman–Crippen MR) is 94.5 cm³/mol. The first-order valence-electron chi connectivity index (χ1n) is 8.10. The first-order valence-corrected chi connectivity index (χ1v) is 8.48. The summed E-state index contributed by atoms with van der Waals surface area (Å²) in [6.07, 6.45) is 3.08. The number of pyridine rings is 1. The molecule has 0 aliphatic carbocycles. The number of halogens is 1. The molecule has 0 spiro atoms. The summed E-state index contributed by atoms with van der Waals surface area (Å²) < 4.78 is 11.4. The molecule has 0 saturated carbocycles. The van der Waals surface area contributed by atoms with Crippen LogP contribution in [0.25, 0.3) is 11.1 Å². The van der Waals surface area contributed by atoms with E-state index in [0.717, 1.165) is 22.4 Å². The van der Waals surface area contributed by atoms with Gasteiger partial charge >= 0.3 is 0 Å². The van der Waals surface area contributed by atoms with Crippen LogP contribution in [-0.2, 0) is 16.1 Å². The van der Waals surface area contributed by atoms with Gasteiger partial charge in [0.15, 0.2) is 0 Å². The van der Waals surface area contributed by atoms with Crippen LogP contribution in [0.2, 0.25) is 5.02 Å². The van der Waals surface area contributed by atoms with E-state index in [1.165, 1.54) is 6.08 Å². The highest BCUT2D eigenvalue weighted by molar-refractivity contribution is 6.32. The maximum atomic E-state index is 12.2. The number of benzene rings is 1. The maximum Gasteiger partial charge on any atom is 0.246 e. The third-order valence-corrected chi connectivity index (χ3v) is 4.85. The molecule has 1 fully saturated rings. The summed E-state index contributed by atoms with van der Waals surface area (Å²) in [5.41, 5.74) is 3.69. The number of nitrogens with zero attached hydrogens (tertiary/aromatic N) is 2. The van der Waals surface area contributed by atoms with E-state index in [-0.39, 0.29) is 11.9 Å². The van der Waals surface area contributed by atoms with E-state index < -0.39 is 0 Å². The third kappa shape index (κ3) is 2.79. The van der Waals surface area contributed by atoms with Gasteiger partial charge in [-0.15, -0.1) is 0 Å². The summed E-state index contributed by atoms with van der Waals surface area (Å²) in [5, 5.41) is 0.526. The Hall–Kier alpha value is -2.37. The number of hydrogen-bond donors (Lipinski definition) is 0. The standard InChI is InChI=1S/C19H17ClN2O3/c1-2-18(23)22-6-7-24-11-17(22)12-8-14-13-4-3-5-21-16(13)10-25-19(14)15(20)9-12/h2-5,8-9,17H,1,6-7,10-11H2. The molecule has 1 unspecified atom stereocenters. The summed E-state index contributed by atoms with van der Waals surface area (Å²) in [7, 11) is 0. The Kier molecular flexibility index (Phi) is 4.19.